The van der Waals surface area contributed by atoms with Crippen molar-refractivity contribution in [3.05, 3.63) is 32.5 Å². The SMILES string of the molecule is CCOC(=O)Cc1cc([N+](=O)[O-])c(Br)cn1. The second-order valence-corrected chi connectivity index (χ2v) is 3.72. The molecule has 0 bridgehead atoms. The Labute approximate surface area is 99.9 Å². The van der Waals surface area contributed by atoms with Crippen molar-refractivity contribution in [2.45, 2.75) is 13.3 Å². The van der Waals surface area contributed by atoms with E-state index in [9.17, 15) is 14.9 Å². The van der Waals surface area contributed by atoms with Crippen LogP contribution in [0.3, 0.4) is 0 Å². The molecule has 86 valence electrons. The zero-order valence-corrected chi connectivity index (χ0v) is 10.1. The summed E-state index contributed by atoms with van der Waals surface area (Å²) < 4.78 is 5.00. The van der Waals surface area contributed by atoms with Gasteiger partial charge in [-0.15, -0.1) is 0 Å². The Bertz CT molecular complexity index is 422. The Balaban J connectivity index is 2.87. The average Bonchev–Trinajstić information content (AvgIpc) is 2.21. The van der Waals surface area contributed by atoms with E-state index in [0.717, 1.165) is 0 Å². The minimum atomic E-state index is -0.541. The normalized spacial score (nSPS) is 9.88. The minimum Gasteiger partial charge on any atom is -0.466 e. The first-order valence-electron chi connectivity index (χ1n) is 4.49. The number of hydrogen-bond donors (Lipinski definition) is 0. The van der Waals surface area contributed by atoms with Crippen LogP contribution >= 0.6 is 15.9 Å². The van der Waals surface area contributed by atoms with Crippen molar-refractivity contribution >= 4 is 27.6 Å². The number of carbonyl (C=O) groups is 1. The smallest absolute Gasteiger partial charge is 0.311 e. The molecule has 0 fully saturated rings. The van der Waals surface area contributed by atoms with Crippen molar-refractivity contribution in [1.82, 2.24) is 4.98 Å². The summed E-state index contributed by atoms with van der Waals surface area (Å²) >= 11 is 3.01. The Morgan fingerprint density at radius 3 is 2.94 bits per heavy atom. The summed E-state index contributed by atoms with van der Waals surface area (Å²) in [7, 11) is 0. The number of pyridine rings is 1. The molecule has 16 heavy (non-hydrogen) atoms. The van der Waals surface area contributed by atoms with Crippen molar-refractivity contribution in [2.24, 2.45) is 0 Å². The summed E-state index contributed by atoms with van der Waals surface area (Å²) in [6, 6.07) is 1.25. The number of esters is 1. The van der Waals surface area contributed by atoms with E-state index in [2.05, 4.69) is 20.9 Å². The molecule has 1 rings (SSSR count). The Morgan fingerprint density at radius 1 is 1.69 bits per heavy atom. The maximum atomic E-state index is 11.1. The van der Waals surface area contributed by atoms with Crippen LogP contribution in [0.2, 0.25) is 0 Å². The Morgan fingerprint density at radius 2 is 2.38 bits per heavy atom. The largest absolute Gasteiger partial charge is 0.466 e. The minimum absolute atomic E-state index is 0.0675. The van der Waals surface area contributed by atoms with E-state index >= 15 is 0 Å². The molecule has 6 nitrogen and oxygen atoms in total. The lowest BCUT2D eigenvalue weighted by Crippen LogP contribution is -2.09. The molecule has 0 saturated carbocycles. The molecule has 0 amide bonds. The van der Waals surface area contributed by atoms with E-state index in [4.69, 9.17) is 4.74 Å². The van der Waals surface area contributed by atoms with Crippen LogP contribution < -0.4 is 0 Å². The van der Waals surface area contributed by atoms with Gasteiger partial charge in [-0.3, -0.25) is 19.9 Å². The first-order valence-corrected chi connectivity index (χ1v) is 5.28. The number of nitrogens with zero attached hydrogens (tertiary/aromatic N) is 2. The molecule has 0 saturated heterocycles. The van der Waals surface area contributed by atoms with Crippen molar-refractivity contribution in [1.29, 1.82) is 0 Å². The highest BCUT2D eigenvalue weighted by atomic mass is 79.9. The van der Waals surface area contributed by atoms with Crippen LogP contribution in [0.1, 0.15) is 12.6 Å². The molecule has 0 N–H and O–H groups in total. The van der Waals surface area contributed by atoms with E-state index in [1.54, 1.807) is 6.92 Å². The van der Waals surface area contributed by atoms with Gasteiger partial charge in [0.05, 0.1) is 23.6 Å². The van der Waals surface area contributed by atoms with Crippen LogP contribution in [-0.4, -0.2) is 22.5 Å². The van der Waals surface area contributed by atoms with Gasteiger partial charge < -0.3 is 4.74 Å². The molecule has 1 heterocycles. The lowest BCUT2D eigenvalue weighted by atomic mass is 10.2. The predicted molar refractivity (Wildman–Crippen MR) is 58.9 cm³/mol. The van der Waals surface area contributed by atoms with Crippen LogP contribution in [0.5, 0.6) is 0 Å². The molecule has 0 aliphatic rings. The zero-order valence-electron chi connectivity index (χ0n) is 8.47. The molecular weight excluding hydrogens is 280 g/mol. The topological polar surface area (TPSA) is 82.3 Å². The summed E-state index contributed by atoms with van der Waals surface area (Å²) in [5.74, 6) is -0.452. The zero-order chi connectivity index (χ0) is 12.1. The number of aromatic nitrogens is 1. The third-order valence-corrected chi connectivity index (χ3v) is 2.33. The van der Waals surface area contributed by atoms with Gasteiger partial charge >= 0.3 is 5.97 Å². The standard InChI is InChI=1S/C9H9BrN2O4/c1-2-16-9(13)4-6-3-8(12(14)15)7(10)5-11-6/h3,5H,2,4H2,1H3. The van der Waals surface area contributed by atoms with Gasteiger partial charge in [-0.25, -0.2) is 0 Å². The fourth-order valence-corrected chi connectivity index (χ4v) is 1.43. The predicted octanol–water partition coefficient (Wildman–Crippen LogP) is 1.86. The van der Waals surface area contributed by atoms with Gasteiger partial charge in [-0.05, 0) is 22.9 Å². The molecule has 0 aliphatic heterocycles. The third kappa shape index (κ3) is 3.27. The summed E-state index contributed by atoms with van der Waals surface area (Å²) in [5, 5.41) is 10.6. The maximum absolute atomic E-state index is 11.1. The van der Waals surface area contributed by atoms with Crippen LogP contribution in [-0.2, 0) is 16.0 Å². The second-order valence-electron chi connectivity index (χ2n) is 2.87. The molecule has 0 aromatic carbocycles. The molecule has 0 radical (unpaired) electrons. The number of halogens is 1. The van der Waals surface area contributed by atoms with Gasteiger partial charge in [0, 0.05) is 12.3 Å². The van der Waals surface area contributed by atoms with Crippen molar-refractivity contribution in [3.8, 4) is 0 Å². The van der Waals surface area contributed by atoms with Gasteiger partial charge in [0.2, 0.25) is 0 Å². The second kappa shape index (κ2) is 5.55. The van der Waals surface area contributed by atoms with Crippen molar-refractivity contribution in [2.75, 3.05) is 6.61 Å². The van der Waals surface area contributed by atoms with E-state index in [0.29, 0.717) is 5.69 Å². The molecule has 0 aliphatic carbocycles. The fourth-order valence-electron chi connectivity index (χ4n) is 1.07. The lowest BCUT2D eigenvalue weighted by Gasteiger charge is -2.02. The van der Waals surface area contributed by atoms with Crippen molar-refractivity contribution < 1.29 is 14.5 Å². The number of ether oxygens (including phenoxy) is 1. The Kier molecular flexibility index (Phi) is 4.36. The summed E-state index contributed by atoms with van der Waals surface area (Å²) in [5.41, 5.74) is 0.197. The number of carbonyl (C=O) groups excluding carboxylic acids is 1. The van der Waals surface area contributed by atoms with Gasteiger partial charge in [0.25, 0.3) is 5.69 Å². The average molecular weight is 289 g/mol. The number of rotatable bonds is 4. The maximum Gasteiger partial charge on any atom is 0.311 e. The highest BCUT2D eigenvalue weighted by Crippen LogP contribution is 2.24. The molecule has 1 aromatic heterocycles. The van der Waals surface area contributed by atoms with Gasteiger partial charge in [-0.1, -0.05) is 0 Å². The molecule has 1 aromatic rings. The van der Waals surface area contributed by atoms with E-state index in [1.165, 1.54) is 12.3 Å². The van der Waals surface area contributed by atoms with E-state index in [-0.39, 0.29) is 23.2 Å². The summed E-state index contributed by atoms with van der Waals surface area (Å²) in [6.45, 7) is 1.97. The molecule has 0 spiro atoms. The summed E-state index contributed by atoms with van der Waals surface area (Å²) in [6.07, 6.45) is 1.23. The lowest BCUT2D eigenvalue weighted by molar-refractivity contribution is -0.385. The highest BCUT2D eigenvalue weighted by molar-refractivity contribution is 9.10. The van der Waals surface area contributed by atoms with Gasteiger partial charge in [0.15, 0.2) is 0 Å². The van der Waals surface area contributed by atoms with Crippen LogP contribution in [0, 0.1) is 10.1 Å². The monoisotopic (exact) mass is 288 g/mol. The Hall–Kier alpha value is -1.50. The van der Waals surface area contributed by atoms with Gasteiger partial charge in [0.1, 0.15) is 4.47 Å². The van der Waals surface area contributed by atoms with Crippen LogP contribution in [0.4, 0.5) is 5.69 Å². The quantitative estimate of drug-likeness (QED) is 0.480. The first-order chi connectivity index (χ1) is 7.54. The van der Waals surface area contributed by atoms with Gasteiger partial charge in [-0.2, -0.15) is 0 Å². The molecule has 0 atom stereocenters. The van der Waals surface area contributed by atoms with Crippen molar-refractivity contribution in [3.63, 3.8) is 0 Å². The number of nitro groups is 1. The summed E-state index contributed by atoms with van der Waals surface area (Å²) in [4.78, 5) is 25.1. The fraction of sp³-hybridized carbons (Fsp3) is 0.333. The van der Waals surface area contributed by atoms with E-state index < -0.39 is 10.9 Å². The molecule has 7 heteroatoms. The van der Waals surface area contributed by atoms with Crippen LogP contribution in [0.25, 0.3) is 0 Å². The first kappa shape index (κ1) is 12.6. The third-order valence-electron chi connectivity index (χ3n) is 1.72. The highest BCUT2D eigenvalue weighted by Gasteiger charge is 2.15. The number of hydrogen-bond acceptors (Lipinski definition) is 5. The molecular formula is C9H9BrN2O4. The molecule has 0 unspecified atom stereocenters. The van der Waals surface area contributed by atoms with E-state index in [1.807, 2.05) is 0 Å². The van der Waals surface area contributed by atoms with Crippen LogP contribution in [0.15, 0.2) is 16.7 Å².